The molecule has 2 aromatic carbocycles. The van der Waals surface area contributed by atoms with Gasteiger partial charge in [0.1, 0.15) is 0 Å². The fraction of sp³-hybridized carbons (Fsp3) is 0.240. The summed E-state index contributed by atoms with van der Waals surface area (Å²) in [6.07, 6.45) is 4.48. The Labute approximate surface area is 185 Å². The summed E-state index contributed by atoms with van der Waals surface area (Å²) in [6.45, 7) is 0.513. The molecule has 0 radical (unpaired) electrons. The highest BCUT2D eigenvalue weighted by atomic mass is 19.1. The largest absolute Gasteiger partial charge is 0.494 e. The molecule has 6 nitrogen and oxygen atoms in total. The minimum Gasteiger partial charge on any atom is -0.494 e. The molecule has 1 saturated carbocycles. The molecule has 0 spiro atoms. The molecule has 0 unspecified atom stereocenters. The van der Waals surface area contributed by atoms with Crippen molar-refractivity contribution in [3.05, 3.63) is 83.3 Å². The fourth-order valence-electron chi connectivity index (χ4n) is 3.33. The van der Waals surface area contributed by atoms with Crippen LogP contribution in [-0.2, 0) is 11.4 Å². The number of methoxy groups -OCH3 is 1. The van der Waals surface area contributed by atoms with Gasteiger partial charge in [0, 0.05) is 22.9 Å². The van der Waals surface area contributed by atoms with Crippen LogP contribution in [0.2, 0.25) is 0 Å². The summed E-state index contributed by atoms with van der Waals surface area (Å²) < 4.78 is 19.1. The van der Waals surface area contributed by atoms with Crippen molar-refractivity contribution in [3.63, 3.8) is 0 Å². The van der Waals surface area contributed by atoms with E-state index in [9.17, 15) is 14.0 Å². The number of nitrogens with zero attached hydrogens (tertiary/aromatic N) is 2. The number of hydroxylamine groups is 2. The van der Waals surface area contributed by atoms with Crippen LogP contribution in [0.25, 0.3) is 11.3 Å². The van der Waals surface area contributed by atoms with Crippen molar-refractivity contribution in [1.82, 2.24) is 10.0 Å². The Kier molecular flexibility index (Phi) is 6.56. The van der Waals surface area contributed by atoms with Crippen molar-refractivity contribution in [2.24, 2.45) is 5.92 Å². The lowest BCUT2D eigenvalue weighted by molar-refractivity contribution is -0.133. The van der Waals surface area contributed by atoms with Crippen LogP contribution in [0.5, 0.6) is 5.75 Å². The zero-order valence-corrected chi connectivity index (χ0v) is 17.7. The van der Waals surface area contributed by atoms with Gasteiger partial charge in [-0.2, -0.15) is 0 Å². The second-order valence-corrected chi connectivity index (χ2v) is 7.69. The summed E-state index contributed by atoms with van der Waals surface area (Å²) in [4.78, 5) is 34.8. The van der Waals surface area contributed by atoms with Gasteiger partial charge < -0.3 is 4.74 Å². The second-order valence-electron chi connectivity index (χ2n) is 7.69. The van der Waals surface area contributed by atoms with E-state index in [1.807, 2.05) is 0 Å². The second kappa shape index (κ2) is 9.70. The summed E-state index contributed by atoms with van der Waals surface area (Å²) >= 11 is 0. The third-order valence-electron chi connectivity index (χ3n) is 5.28. The predicted molar refractivity (Wildman–Crippen MR) is 117 cm³/mol. The number of aromatic nitrogens is 1. The van der Waals surface area contributed by atoms with Crippen molar-refractivity contribution in [1.29, 1.82) is 0 Å². The standard InChI is InChI=1S/C25H23FN2O4/c1-31-23-10-9-18(12-22(23)26)14-28(32-16-17-7-8-17)25(30)20-5-2-4-19(13-20)24-21(15-29)6-3-11-27-24/h2-6,9-13,15,17H,7-8,14,16H2,1H3. The van der Waals surface area contributed by atoms with Crippen LogP contribution in [0, 0.1) is 11.7 Å². The Morgan fingerprint density at radius 3 is 2.75 bits per heavy atom. The number of benzene rings is 2. The molecule has 1 amide bonds. The van der Waals surface area contributed by atoms with Crippen molar-refractivity contribution in [2.45, 2.75) is 19.4 Å². The molecule has 1 aromatic heterocycles. The van der Waals surface area contributed by atoms with Crippen LogP contribution in [-0.4, -0.2) is 36.0 Å². The number of halogens is 1. The van der Waals surface area contributed by atoms with Gasteiger partial charge in [-0.15, -0.1) is 0 Å². The van der Waals surface area contributed by atoms with Crippen LogP contribution in [0.15, 0.2) is 60.8 Å². The highest BCUT2D eigenvalue weighted by Gasteiger charge is 2.26. The zero-order valence-electron chi connectivity index (χ0n) is 17.7. The van der Waals surface area contributed by atoms with Gasteiger partial charge in [0.15, 0.2) is 17.9 Å². The highest BCUT2D eigenvalue weighted by molar-refractivity contribution is 5.95. The van der Waals surface area contributed by atoms with E-state index in [-0.39, 0.29) is 18.2 Å². The molecule has 1 heterocycles. The monoisotopic (exact) mass is 434 g/mol. The Hall–Kier alpha value is -3.58. The molecule has 0 aliphatic heterocycles. The first-order chi connectivity index (χ1) is 15.6. The quantitative estimate of drug-likeness (QED) is 0.361. The maximum absolute atomic E-state index is 14.2. The molecule has 1 aliphatic rings. The number of ether oxygens (including phenoxy) is 1. The van der Waals surface area contributed by atoms with Gasteiger partial charge in [-0.1, -0.05) is 18.2 Å². The molecule has 1 aliphatic carbocycles. The number of carbonyl (C=O) groups is 2. The Balaban J connectivity index is 1.60. The number of aldehydes is 1. The molecule has 0 N–H and O–H groups in total. The smallest absolute Gasteiger partial charge is 0.277 e. The summed E-state index contributed by atoms with van der Waals surface area (Å²) in [6, 6.07) is 14.8. The minimum atomic E-state index is -0.502. The maximum atomic E-state index is 14.2. The summed E-state index contributed by atoms with van der Waals surface area (Å²) in [5, 5.41) is 1.26. The summed E-state index contributed by atoms with van der Waals surface area (Å²) in [7, 11) is 1.40. The fourth-order valence-corrected chi connectivity index (χ4v) is 3.33. The Morgan fingerprint density at radius 2 is 2.03 bits per heavy atom. The molecule has 0 saturated heterocycles. The Bertz CT molecular complexity index is 1130. The molecule has 3 aromatic rings. The summed E-state index contributed by atoms with van der Waals surface area (Å²) in [5.74, 6) is -0.280. The van der Waals surface area contributed by atoms with Crippen LogP contribution in [0.4, 0.5) is 4.39 Å². The number of carbonyl (C=O) groups excluding carboxylic acids is 2. The van der Waals surface area contributed by atoms with Crippen molar-refractivity contribution < 1.29 is 23.6 Å². The lowest BCUT2D eigenvalue weighted by Gasteiger charge is -2.22. The first-order valence-corrected chi connectivity index (χ1v) is 10.4. The average molecular weight is 434 g/mol. The van der Waals surface area contributed by atoms with E-state index in [1.165, 1.54) is 24.3 Å². The highest BCUT2D eigenvalue weighted by Crippen LogP contribution is 2.30. The van der Waals surface area contributed by atoms with Gasteiger partial charge in [0.25, 0.3) is 5.91 Å². The van der Waals surface area contributed by atoms with Crippen molar-refractivity contribution in [2.75, 3.05) is 13.7 Å². The van der Waals surface area contributed by atoms with Gasteiger partial charge in [-0.05, 0) is 60.7 Å². The molecule has 32 heavy (non-hydrogen) atoms. The van der Waals surface area contributed by atoms with E-state index in [0.29, 0.717) is 40.5 Å². The van der Waals surface area contributed by atoms with Crippen LogP contribution in [0.1, 0.15) is 39.1 Å². The molecule has 4 rings (SSSR count). The molecule has 164 valence electrons. The predicted octanol–water partition coefficient (Wildman–Crippen LogP) is 4.69. The first-order valence-electron chi connectivity index (χ1n) is 10.4. The zero-order chi connectivity index (χ0) is 22.5. The van der Waals surface area contributed by atoms with E-state index in [1.54, 1.807) is 48.7 Å². The van der Waals surface area contributed by atoms with Gasteiger partial charge in [-0.25, -0.2) is 9.45 Å². The van der Waals surface area contributed by atoms with E-state index >= 15 is 0 Å². The number of hydrogen-bond donors (Lipinski definition) is 0. The third kappa shape index (κ3) is 5.00. The summed E-state index contributed by atoms with van der Waals surface area (Å²) in [5.41, 5.74) is 2.55. The molecule has 1 fully saturated rings. The van der Waals surface area contributed by atoms with E-state index in [0.717, 1.165) is 19.1 Å². The van der Waals surface area contributed by atoms with Gasteiger partial charge >= 0.3 is 0 Å². The van der Waals surface area contributed by atoms with Gasteiger partial charge in [0.2, 0.25) is 0 Å². The SMILES string of the molecule is COc1ccc(CN(OCC2CC2)C(=O)c2cccc(-c3ncccc3C=O)c2)cc1F. The number of rotatable bonds is 9. The first kappa shape index (κ1) is 21.6. The van der Waals surface area contributed by atoms with E-state index in [2.05, 4.69) is 4.98 Å². The average Bonchev–Trinajstić information content (AvgIpc) is 3.66. The lowest BCUT2D eigenvalue weighted by Crippen LogP contribution is -2.31. The Morgan fingerprint density at radius 1 is 1.19 bits per heavy atom. The normalized spacial score (nSPS) is 12.9. The van der Waals surface area contributed by atoms with Crippen molar-refractivity contribution >= 4 is 12.2 Å². The lowest BCUT2D eigenvalue weighted by atomic mass is 10.0. The molecular weight excluding hydrogens is 411 g/mol. The van der Waals surface area contributed by atoms with Crippen LogP contribution < -0.4 is 4.74 Å². The molecule has 0 atom stereocenters. The van der Waals surface area contributed by atoms with Gasteiger partial charge in [-0.3, -0.25) is 19.4 Å². The minimum absolute atomic E-state index is 0.0832. The molecule has 7 heteroatoms. The van der Waals surface area contributed by atoms with Crippen LogP contribution in [0.3, 0.4) is 0 Å². The van der Waals surface area contributed by atoms with E-state index in [4.69, 9.17) is 9.57 Å². The van der Waals surface area contributed by atoms with Gasteiger partial charge in [0.05, 0.1) is 26.0 Å². The van der Waals surface area contributed by atoms with Crippen molar-refractivity contribution in [3.8, 4) is 17.0 Å². The van der Waals surface area contributed by atoms with Crippen LogP contribution >= 0.6 is 0 Å². The molecule has 0 bridgehead atoms. The maximum Gasteiger partial charge on any atom is 0.277 e. The number of pyridine rings is 1. The number of amides is 1. The number of hydrogen-bond acceptors (Lipinski definition) is 5. The third-order valence-corrected chi connectivity index (χ3v) is 5.28. The molecular formula is C25H23FN2O4. The van der Waals surface area contributed by atoms with E-state index < -0.39 is 5.82 Å². The topological polar surface area (TPSA) is 68.7 Å².